The predicted molar refractivity (Wildman–Crippen MR) is 89.7 cm³/mol. The summed E-state index contributed by atoms with van der Waals surface area (Å²) in [6.07, 6.45) is 0. The van der Waals surface area contributed by atoms with E-state index in [0.717, 1.165) is 3.57 Å². The van der Waals surface area contributed by atoms with Crippen molar-refractivity contribution in [2.24, 2.45) is 0 Å². The third-order valence-corrected chi connectivity index (χ3v) is 3.48. The van der Waals surface area contributed by atoms with Crippen molar-refractivity contribution < 1.29 is 14.3 Å². The van der Waals surface area contributed by atoms with E-state index in [-0.39, 0.29) is 18.3 Å². The van der Waals surface area contributed by atoms with Gasteiger partial charge < -0.3 is 10.1 Å². The number of hydrogen-bond donors (Lipinski definition) is 1. The molecule has 1 N–H and O–H groups in total. The fourth-order valence-electron chi connectivity index (χ4n) is 1.77. The average Bonchev–Trinajstić information content (AvgIpc) is 2.47. The molecule has 0 heterocycles. The molecule has 0 aliphatic carbocycles. The molecule has 2 aromatic carbocycles. The van der Waals surface area contributed by atoms with Crippen molar-refractivity contribution >= 4 is 40.0 Å². The summed E-state index contributed by atoms with van der Waals surface area (Å²) in [6.45, 7) is 1.36. The molecule has 2 aromatic rings. The van der Waals surface area contributed by atoms with E-state index in [1.807, 2.05) is 12.1 Å². The summed E-state index contributed by atoms with van der Waals surface area (Å²) in [5.74, 6) is 0.233. The highest BCUT2D eigenvalue weighted by Gasteiger charge is 2.10. The zero-order chi connectivity index (χ0) is 15.2. The van der Waals surface area contributed by atoms with E-state index >= 15 is 0 Å². The Kier molecular flexibility index (Phi) is 5.32. The Bertz CT molecular complexity index is 653. The Hall–Kier alpha value is -1.89. The molecule has 108 valence electrons. The average molecular weight is 395 g/mol. The second-order valence-corrected chi connectivity index (χ2v) is 5.64. The van der Waals surface area contributed by atoms with Crippen molar-refractivity contribution in [2.45, 2.75) is 6.92 Å². The first kappa shape index (κ1) is 15.5. The first-order chi connectivity index (χ1) is 10.1. The third-order valence-electron chi connectivity index (χ3n) is 2.76. The van der Waals surface area contributed by atoms with Crippen LogP contribution in [0, 0.1) is 3.57 Å². The lowest BCUT2D eigenvalue weighted by Gasteiger charge is -2.10. The smallest absolute Gasteiger partial charge is 0.262 e. The maximum atomic E-state index is 11.9. The molecule has 2 rings (SSSR count). The van der Waals surface area contributed by atoms with Gasteiger partial charge in [0.25, 0.3) is 5.91 Å². The summed E-state index contributed by atoms with van der Waals surface area (Å²) in [7, 11) is 0. The van der Waals surface area contributed by atoms with Crippen LogP contribution in [0.25, 0.3) is 0 Å². The Balaban J connectivity index is 1.96. The number of benzene rings is 2. The molecule has 0 radical (unpaired) electrons. The number of halogens is 1. The Morgan fingerprint density at radius 1 is 1.10 bits per heavy atom. The van der Waals surface area contributed by atoms with Gasteiger partial charge in [0.15, 0.2) is 12.4 Å². The molecule has 0 aliphatic heterocycles. The number of ketones is 1. The van der Waals surface area contributed by atoms with Gasteiger partial charge in [-0.1, -0.05) is 12.1 Å². The van der Waals surface area contributed by atoms with Crippen LogP contribution in [0.1, 0.15) is 17.3 Å². The van der Waals surface area contributed by atoms with Crippen molar-refractivity contribution in [3.63, 3.8) is 0 Å². The Morgan fingerprint density at radius 2 is 1.76 bits per heavy atom. The minimum atomic E-state index is -0.303. The molecule has 0 aliphatic rings. The van der Waals surface area contributed by atoms with Gasteiger partial charge in [-0.25, -0.2) is 0 Å². The minimum absolute atomic E-state index is 0.0931. The lowest BCUT2D eigenvalue weighted by atomic mass is 10.1. The zero-order valence-electron chi connectivity index (χ0n) is 11.4. The van der Waals surface area contributed by atoms with Crippen molar-refractivity contribution in [3.05, 3.63) is 57.7 Å². The molecule has 0 unspecified atom stereocenters. The van der Waals surface area contributed by atoms with Crippen molar-refractivity contribution in [1.29, 1.82) is 0 Å². The number of anilines is 1. The molecule has 0 saturated carbocycles. The van der Waals surface area contributed by atoms with E-state index in [4.69, 9.17) is 4.74 Å². The molecule has 21 heavy (non-hydrogen) atoms. The number of Topliss-reactive ketones (excluding diaryl/α,β-unsaturated/α-hetero) is 1. The lowest BCUT2D eigenvalue weighted by Crippen LogP contribution is -2.21. The van der Waals surface area contributed by atoms with Crippen LogP contribution in [-0.2, 0) is 4.79 Å². The predicted octanol–water partition coefficient (Wildman–Crippen LogP) is 3.51. The van der Waals surface area contributed by atoms with Crippen LogP contribution in [0.2, 0.25) is 0 Å². The van der Waals surface area contributed by atoms with Crippen molar-refractivity contribution in [1.82, 2.24) is 0 Å². The number of carbonyl (C=O) groups is 2. The summed E-state index contributed by atoms with van der Waals surface area (Å²) >= 11 is 2.20. The fourth-order valence-corrected chi connectivity index (χ4v) is 2.12. The number of amides is 1. The minimum Gasteiger partial charge on any atom is -0.484 e. The van der Waals surface area contributed by atoms with Gasteiger partial charge in [-0.05, 0) is 65.9 Å². The molecule has 0 bridgehead atoms. The van der Waals surface area contributed by atoms with Crippen LogP contribution in [0.5, 0.6) is 5.75 Å². The van der Waals surface area contributed by atoms with Gasteiger partial charge in [0.1, 0.15) is 5.75 Å². The molecule has 0 atom stereocenters. The molecule has 5 heteroatoms. The van der Waals surface area contributed by atoms with E-state index in [1.54, 1.807) is 36.4 Å². The van der Waals surface area contributed by atoms with Crippen molar-refractivity contribution in [2.75, 3.05) is 11.9 Å². The van der Waals surface area contributed by atoms with E-state index in [0.29, 0.717) is 17.0 Å². The first-order valence-electron chi connectivity index (χ1n) is 6.34. The molecule has 0 aromatic heterocycles. The second kappa shape index (κ2) is 7.21. The lowest BCUT2D eigenvalue weighted by molar-refractivity contribution is -0.118. The van der Waals surface area contributed by atoms with E-state index in [1.165, 1.54) is 6.92 Å². The Morgan fingerprint density at radius 3 is 2.43 bits per heavy atom. The highest BCUT2D eigenvalue weighted by atomic mass is 127. The van der Waals surface area contributed by atoms with Crippen LogP contribution < -0.4 is 10.1 Å². The summed E-state index contributed by atoms with van der Waals surface area (Å²) in [5.41, 5.74) is 0.987. The van der Waals surface area contributed by atoms with Gasteiger partial charge in [-0.15, -0.1) is 0 Å². The van der Waals surface area contributed by atoms with Gasteiger partial charge in [-0.2, -0.15) is 0 Å². The van der Waals surface area contributed by atoms with Crippen LogP contribution in [0.3, 0.4) is 0 Å². The molecule has 0 saturated heterocycles. The van der Waals surface area contributed by atoms with Gasteiger partial charge in [0.05, 0.1) is 5.69 Å². The van der Waals surface area contributed by atoms with E-state index < -0.39 is 0 Å². The van der Waals surface area contributed by atoms with E-state index in [9.17, 15) is 9.59 Å². The van der Waals surface area contributed by atoms with Gasteiger partial charge >= 0.3 is 0 Å². The SMILES string of the molecule is CC(=O)c1ccccc1NC(=O)COc1ccc(I)cc1. The van der Waals surface area contributed by atoms with Crippen molar-refractivity contribution in [3.8, 4) is 5.75 Å². The Labute approximate surface area is 136 Å². The van der Waals surface area contributed by atoms with E-state index in [2.05, 4.69) is 27.9 Å². The van der Waals surface area contributed by atoms with Crippen LogP contribution in [-0.4, -0.2) is 18.3 Å². The van der Waals surface area contributed by atoms with Gasteiger partial charge in [0.2, 0.25) is 0 Å². The molecule has 1 amide bonds. The number of rotatable bonds is 5. The molecule has 0 spiro atoms. The third kappa shape index (κ3) is 4.56. The number of hydrogen-bond acceptors (Lipinski definition) is 3. The second-order valence-electron chi connectivity index (χ2n) is 4.39. The maximum Gasteiger partial charge on any atom is 0.262 e. The maximum absolute atomic E-state index is 11.9. The van der Waals surface area contributed by atoms with Gasteiger partial charge in [0, 0.05) is 9.13 Å². The first-order valence-corrected chi connectivity index (χ1v) is 7.42. The molecular formula is C16H14INO3. The quantitative estimate of drug-likeness (QED) is 0.623. The standard InChI is InChI=1S/C16H14INO3/c1-11(19)14-4-2-3-5-15(14)18-16(20)10-21-13-8-6-12(17)7-9-13/h2-9H,10H2,1H3,(H,18,20). The van der Waals surface area contributed by atoms with Crippen LogP contribution in [0.4, 0.5) is 5.69 Å². The summed E-state index contributed by atoms with van der Waals surface area (Å²) in [5, 5.41) is 2.69. The summed E-state index contributed by atoms with van der Waals surface area (Å²) in [6, 6.07) is 14.3. The number of nitrogens with one attached hydrogen (secondary N) is 1. The molecule has 0 fully saturated rings. The highest BCUT2D eigenvalue weighted by molar-refractivity contribution is 14.1. The normalized spacial score (nSPS) is 10.0. The highest BCUT2D eigenvalue weighted by Crippen LogP contribution is 2.16. The summed E-state index contributed by atoms with van der Waals surface area (Å²) in [4.78, 5) is 23.4. The topological polar surface area (TPSA) is 55.4 Å². The van der Waals surface area contributed by atoms with Crippen LogP contribution >= 0.6 is 22.6 Å². The molecule has 4 nitrogen and oxygen atoms in total. The molecular weight excluding hydrogens is 381 g/mol. The largest absolute Gasteiger partial charge is 0.484 e. The zero-order valence-corrected chi connectivity index (χ0v) is 13.6. The summed E-state index contributed by atoms with van der Waals surface area (Å²) < 4.78 is 6.49. The van der Waals surface area contributed by atoms with Crippen LogP contribution in [0.15, 0.2) is 48.5 Å². The fraction of sp³-hybridized carbons (Fsp3) is 0.125. The monoisotopic (exact) mass is 395 g/mol. The van der Waals surface area contributed by atoms with Gasteiger partial charge in [-0.3, -0.25) is 9.59 Å². The number of carbonyl (C=O) groups excluding carboxylic acids is 2. The number of para-hydroxylation sites is 1. The number of ether oxygens (including phenoxy) is 1.